The van der Waals surface area contributed by atoms with Crippen molar-refractivity contribution in [2.75, 3.05) is 12.3 Å². The summed E-state index contributed by atoms with van der Waals surface area (Å²) in [5.74, 6) is 1.74. The highest BCUT2D eigenvalue weighted by Crippen LogP contribution is 2.24. The third-order valence-electron chi connectivity index (χ3n) is 3.40. The molecule has 0 aliphatic carbocycles. The fourth-order valence-corrected chi connectivity index (χ4v) is 2.21. The summed E-state index contributed by atoms with van der Waals surface area (Å²) in [7, 11) is 0. The van der Waals surface area contributed by atoms with Gasteiger partial charge in [-0.25, -0.2) is 4.98 Å². The second-order valence-electron chi connectivity index (χ2n) is 5.09. The van der Waals surface area contributed by atoms with Crippen molar-refractivity contribution in [1.29, 1.82) is 0 Å². The van der Waals surface area contributed by atoms with Crippen molar-refractivity contribution in [3.8, 4) is 17.1 Å². The average Bonchev–Trinajstić information content (AvgIpc) is 2.91. The number of imidazole rings is 1. The first-order valence-electron chi connectivity index (χ1n) is 7.25. The predicted molar refractivity (Wildman–Crippen MR) is 86.3 cm³/mol. The number of nitrogens with zero attached hydrogens (tertiary/aromatic N) is 1. The number of ether oxygens (including phenoxy) is 1. The van der Waals surface area contributed by atoms with Crippen LogP contribution in [0.2, 0.25) is 0 Å². The number of fused-ring (bicyclic) bond motifs is 1. The van der Waals surface area contributed by atoms with Gasteiger partial charge in [0.1, 0.15) is 11.6 Å². The molecule has 3 aromatic rings. The van der Waals surface area contributed by atoms with Crippen LogP contribution >= 0.6 is 0 Å². The van der Waals surface area contributed by atoms with Crippen LogP contribution in [0, 0.1) is 0 Å². The fraction of sp³-hybridized carbons (Fsp3) is 0.235. The molecule has 0 bridgehead atoms. The maximum absolute atomic E-state index is 5.79. The van der Waals surface area contributed by atoms with E-state index in [2.05, 4.69) is 16.9 Å². The lowest BCUT2D eigenvalue weighted by Gasteiger charge is -2.05. The lowest BCUT2D eigenvalue weighted by Crippen LogP contribution is -1.96. The predicted octanol–water partition coefficient (Wildman–Crippen LogP) is 3.99. The Balaban J connectivity index is 1.81. The monoisotopic (exact) mass is 281 g/mol. The summed E-state index contributed by atoms with van der Waals surface area (Å²) >= 11 is 0. The number of hydrogen-bond donors (Lipinski definition) is 2. The van der Waals surface area contributed by atoms with Crippen LogP contribution in [-0.2, 0) is 0 Å². The number of hydrogen-bond acceptors (Lipinski definition) is 3. The summed E-state index contributed by atoms with van der Waals surface area (Å²) in [5.41, 5.74) is 9.42. The molecule has 4 nitrogen and oxygen atoms in total. The van der Waals surface area contributed by atoms with Gasteiger partial charge in [0, 0.05) is 11.3 Å². The zero-order valence-corrected chi connectivity index (χ0v) is 12.1. The molecule has 21 heavy (non-hydrogen) atoms. The van der Waals surface area contributed by atoms with Crippen LogP contribution in [0.3, 0.4) is 0 Å². The zero-order chi connectivity index (χ0) is 14.7. The van der Waals surface area contributed by atoms with E-state index in [-0.39, 0.29) is 0 Å². The molecule has 0 unspecified atom stereocenters. The van der Waals surface area contributed by atoms with E-state index < -0.39 is 0 Å². The molecule has 3 rings (SSSR count). The number of nitrogen functional groups attached to an aromatic ring is 1. The first-order chi connectivity index (χ1) is 10.3. The Kier molecular flexibility index (Phi) is 3.77. The molecule has 1 aromatic heterocycles. The first kappa shape index (κ1) is 13.5. The number of aromatic nitrogens is 2. The quantitative estimate of drug-likeness (QED) is 0.549. The van der Waals surface area contributed by atoms with E-state index in [0.29, 0.717) is 0 Å². The third-order valence-corrected chi connectivity index (χ3v) is 3.40. The Morgan fingerprint density at radius 1 is 1.14 bits per heavy atom. The van der Waals surface area contributed by atoms with E-state index in [4.69, 9.17) is 10.5 Å². The molecular weight excluding hydrogens is 262 g/mol. The molecular formula is C17H19N3O. The number of nitrogens with two attached hydrogens (primary N) is 1. The molecule has 108 valence electrons. The number of aromatic amines is 1. The van der Waals surface area contributed by atoms with Crippen molar-refractivity contribution in [2.45, 2.75) is 19.8 Å². The summed E-state index contributed by atoms with van der Waals surface area (Å²) in [5, 5.41) is 0. The van der Waals surface area contributed by atoms with Crippen LogP contribution in [0.5, 0.6) is 5.75 Å². The molecule has 0 saturated carbocycles. The molecule has 1 heterocycles. The minimum atomic E-state index is 0.734. The van der Waals surface area contributed by atoms with Gasteiger partial charge in [-0.05, 0) is 48.9 Å². The molecule has 0 atom stereocenters. The lowest BCUT2D eigenvalue weighted by molar-refractivity contribution is 0.309. The van der Waals surface area contributed by atoms with E-state index in [9.17, 15) is 0 Å². The van der Waals surface area contributed by atoms with Crippen LogP contribution in [0.1, 0.15) is 19.8 Å². The van der Waals surface area contributed by atoms with Gasteiger partial charge >= 0.3 is 0 Å². The molecule has 0 spiro atoms. The third kappa shape index (κ3) is 2.99. The Bertz CT molecular complexity index is 731. The highest BCUT2D eigenvalue weighted by atomic mass is 16.5. The SMILES string of the molecule is CCCCOc1ccc(-c2nc3ccc(N)cc3[nH]2)cc1. The van der Waals surface area contributed by atoms with Gasteiger partial charge in [0.2, 0.25) is 0 Å². The summed E-state index contributed by atoms with van der Waals surface area (Å²) < 4.78 is 5.66. The van der Waals surface area contributed by atoms with Crippen LogP contribution in [-0.4, -0.2) is 16.6 Å². The second-order valence-corrected chi connectivity index (χ2v) is 5.09. The smallest absolute Gasteiger partial charge is 0.138 e. The van der Waals surface area contributed by atoms with Gasteiger partial charge in [0.05, 0.1) is 17.6 Å². The first-order valence-corrected chi connectivity index (χ1v) is 7.25. The maximum atomic E-state index is 5.79. The molecule has 0 amide bonds. The van der Waals surface area contributed by atoms with Gasteiger partial charge in [-0.1, -0.05) is 13.3 Å². The second kappa shape index (κ2) is 5.87. The van der Waals surface area contributed by atoms with E-state index in [1.807, 2.05) is 42.5 Å². The Morgan fingerprint density at radius 2 is 1.95 bits per heavy atom. The number of benzene rings is 2. The average molecular weight is 281 g/mol. The number of anilines is 1. The van der Waals surface area contributed by atoms with Crippen molar-refractivity contribution in [3.63, 3.8) is 0 Å². The van der Waals surface area contributed by atoms with Crippen molar-refractivity contribution >= 4 is 16.7 Å². The number of unbranched alkanes of at least 4 members (excludes halogenated alkanes) is 1. The zero-order valence-electron chi connectivity index (χ0n) is 12.1. The van der Waals surface area contributed by atoms with Crippen LogP contribution in [0.15, 0.2) is 42.5 Å². The van der Waals surface area contributed by atoms with Gasteiger partial charge in [0.25, 0.3) is 0 Å². The number of rotatable bonds is 5. The van der Waals surface area contributed by atoms with Gasteiger partial charge < -0.3 is 15.5 Å². The Hall–Kier alpha value is -2.49. The van der Waals surface area contributed by atoms with Crippen molar-refractivity contribution in [1.82, 2.24) is 9.97 Å². The minimum absolute atomic E-state index is 0.734. The molecule has 3 N–H and O–H groups in total. The summed E-state index contributed by atoms with van der Waals surface area (Å²) in [6.07, 6.45) is 2.22. The molecule has 2 aromatic carbocycles. The summed E-state index contributed by atoms with van der Waals surface area (Å²) in [6, 6.07) is 13.7. The maximum Gasteiger partial charge on any atom is 0.138 e. The number of nitrogens with one attached hydrogen (secondary N) is 1. The normalized spacial score (nSPS) is 10.9. The van der Waals surface area contributed by atoms with Gasteiger partial charge in [0.15, 0.2) is 0 Å². The molecule has 0 fully saturated rings. The Morgan fingerprint density at radius 3 is 2.71 bits per heavy atom. The van der Waals surface area contributed by atoms with E-state index in [0.717, 1.165) is 53.3 Å². The minimum Gasteiger partial charge on any atom is -0.494 e. The lowest BCUT2D eigenvalue weighted by atomic mass is 10.2. The highest BCUT2D eigenvalue weighted by Gasteiger charge is 2.05. The summed E-state index contributed by atoms with van der Waals surface area (Å²) in [6.45, 7) is 2.92. The van der Waals surface area contributed by atoms with Crippen molar-refractivity contribution < 1.29 is 4.74 Å². The molecule has 4 heteroatoms. The summed E-state index contributed by atoms with van der Waals surface area (Å²) in [4.78, 5) is 7.87. The number of H-pyrrole nitrogens is 1. The van der Waals surface area contributed by atoms with Gasteiger partial charge in [-0.15, -0.1) is 0 Å². The fourth-order valence-electron chi connectivity index (χ4n) is 2.21. The Labute approximate surface area is 124 Å². The van der Waals surface area contributed by atoms with Crippen LogP contribution in [0.4, 0.5) is 5.69 Å². The standard InChI is InChI=1S/C17H19N3O/c1-2-3-10-21-14-7-4-12(5-8-14)17-19-15-9-6-13(18)11-16(15)20-17/h4-9,11H,2-3,10,18H2,1H3,(H,19,20). The molecule has 0 saturated heterocycles. The van der Waals surface area contributed by atoms with Crippen molar-refractivity contribution in [2.24, 2.45) is 0 Å². The van der Waals surface area contributed by atoms with Crippen LogP contribution in [0.25, 0.3) is 22.4 Å². The highest BCUT2D eigenvalue weighted by molar-refractivity contribution is 5.82. The van der Waals surface area contributed by atoms with E-state index in [1.165, 1.54) is 0 Å². The van der Waals surface area contributed by atoms with Gasteiger partial charge in [-0.3, -0.25) is 0 Å². The van der Waals surface area contributed by atoms with E-state index in [1.54, 1.807) is 0 Å². The molecule has 0 aliphatic rings. The topological polar surface area (TPSA) is 63.9 Å². The molecule has 0 aliphatic heterocycles. The molecule has 0 radical (unpaired) electrons. The van der Waals surface area contributed by atoms with Crippen molar-refractivity contribution in [3.05, 3.63) is 42.5 Å². The van der Waals surface area contributed by atoms with Gasteiger partial charge in [-0.2, -0.15) is 0 Å². The van der Waals surface area contributed by atoms with E-state index >= 15 is 0 Å². The largest absolute Gasteiger partial charge is 0.494 e. The van der Waals surface area contributed by atoms with Crippen LogP contribution < -0.4 is 10.5 Å².